The Morgan fingerprint density at radius 2 is 2.03 bits per heavy atom. The second-order valence-electron chi connectivity index (χ2n) is 7.50. The molecule has 0 bridgehead atoms. The normalized spacial score (nSPS) is 17.4. The van der Waals surface area contributed by atoms with Crippen LogP contribution in [0.15, 0.2) is 18.2 Å². The highest BCUT2D eigenvalue weighted by molar-refractivity contribution is 6.24. The molecular weight excluding hydrogens is 414 g/mol. The zero-order chi connectivity index (χ0) is 23.1. The zero-order valence-corrected chi connectivity index (χ0v) is 17.9. The monoisotopic (exact) mass is 439 g/mol. The van der Waals surface area contributed by atoms with Gasteiger partial charge in [-0.15, -0.1) is 0 Å². The molecule has 0 radical (unpaired) electrons. The molecule has 1 unspecified atom stereocenters. The number of fused-ring (bicyclic) bond motifs is 1. The predicted molar refractivity (Wildman–Crippen MR) is 113 cm³/mol. The molecule has 1 aromatic rings. The Hall–Kier alpha value is -3.67. The van der Waals surface area contributed by atoms with Gasteiger partial charge in [0.15, 0.2) is 0 Å². The average Bonchev–Trinajstić information content (AvgIpc) is 3.02. The molecule has 2 aliphatic rings. The fourth-order valence-corrected chi connectivity index (χ4v) is 3.50. The number of carbonyl (C=O) groups excluding carboxylic acids is 5. The minimum Gasteiger partial charge on any atom is -0.450 e. The first-order valence-electron chi connectivity index (χ1n) is 10.7. The topological polar surface area (TPSA) is 122 Å². The maximum absolute atomic E-state index is 13.0. The van der Waals surface area contributed by atoms with Gasteiger partial charge in [0.25, 0.3) is 11.8 Å². The number of piperidine rings is 1. The van der Waals surface area contributed by atoms with E-state index >= 15 is 0 Å². The second kappa shape index (κ2) is 10.6. The molecule has 1 fully saturated rings. The van der Waals surface area contributed by atoms with Crippen LogP contribution in [0.5, 0.6) is 0 Å². The van der Waals surface area contributed by atoms with Crippen molar-refractivity contribution in [3.05, 3.63) is 34.9 Å². The third kappa shape index (κ3) is 5.14. The number of unbranched alkanes of at least 4 members (excludes halogenated alkanes) is 2. The minimum atomic E-state index is -1.01. The summed E-state index contributed by atoms with van der Waals surface area (Å²) in [5, 5.41) is 4.82. The standard InChI is InChI=1S/C23H25N3O6/c1-2-3-14-32-23(31)24-13-6-4-5-8-15-9-7-10-16-19(15)22(30)26(21(16)29)17-11-12-18(27)25-20(17)28/h7,9-10,17H,2-4,6,11-14H2,1H3,(H,24,31)(H,25,27,28). The van der Waals surface area contributed by atoms with E-state index in [1.807, 2.05) is 6.92 Å². The number of rotatable bonds is 7. The lowest BCUT2D eigenvalue weighted by atomic mass is 10.0. The minimum absolute atomic E-state index is 0.0661. The molecule has 2 heterocycles. The SMILES string of the molecule is CCCCOC(=O)NCCCC#Cc1cccc2c1C(=O)N(C1CCC(=O)NC1=O)C2=O. The van der Waals surface area contributed by atoms with Crippen LogP contribution in [-0.2, 0) is 14.3 Å². The van der Waals surface area contributed by atoms with Crippen molar-refractivity contribution in [2.75, 3.05) is 13.2 Å². The molecule has 5 amide bonds. The lowest BCUT2D eigenvalue weighted by molar-refractivity contribution is -0.136. The van der Waals surface area contributed by atoms with Crippen molar-refractivity contribution >= 4 is 29.7 Å². The summed E-state index contributed by atoms with van der Waals surface area (Å²) in [6.45, 7) is 2.81. The Bertz CT molecular complexity index is 1010. The number of ether oxygens (including phenoxy) is 1. The smallest absolute Gasteiger partial charge is 0.407 e. The summed E-state index contributed by atoms with van der Waals surface area (Å²) in [5.41, 5.74) is 0.776. The van der Waals surface area contributed by atoms with Crippen LogP contribution in [0.3, 0.4) is 0 Å². The predicted octanol–water partition coefficient (Wildman–Crippen LogP) is 1.75. The van der Waals surface area contributed by atoms with Crippen LogP contribution in [-0.4, -0.2) is 53.8 Å². The van der Waals surface area contributed by atoms with Gasteiger partial charge in [-0.05, 0) is 31.4 Å². The molecule has 2 N–H and O–H groups in total. The van der Waals surface area contributed by atoms with E-state index in [1.165, 1.54) is 6.07 Å². The lowest BCUT2D eigenvalue weighted by Crippen LogP contribution is -2.54. The molecule has 0 aliphatic carbocycles. The first-order valence-corrected chi connectivity index (χ1v) is 10.7. The van der Waals surface area contributed by atoms with Crippen LogP contribution in [0.25, 0.3) is 0 Å². The van der Waals surface area contributed by atoms with Gasteiger partial charge in [-0.25, -0.2) is 4.79 Å². The molecule has 1 saturated heterocycles. The number of imide groups is 2. The average molecular weight is 439 g/mol. The van der Waals surface area contributed by atoms with Gasteiger partial charge >= 0.3 is 6.09 Å². The first kappa shape index (κ1) is 23.0. The van der Waals surface area contributed by atoms with Crippen LogP contribution < -0.4 is 10.6 Å². The molecule has 9 nitrogen and oxygen atoms in total. The highest BCUT2D eigenvalue weighted by atomic mass is 16.5. The van der Waals surface area contributed by atoms with Crippen molar-refractivity contribution in [2.45, 2.75) is 51.5 Å². The zero-order valence-electron chi connectivity index (χ0n) is 17.9. The molecule has 32 heavy (non-hydrogen) atoms. The number of hydrogen-bond acceptors (Lipinski definition) is 6. The summed E-state index contributed by atoms with van der Waals surface area (Å²) in [5.74, 6) is 3.66. The van der Waals surface area contributed by atoms with Crippen molar-refractivity contribution in [1.29, 1.82) is 0 Å². The summed E-state index contributed by atoms with van der Waals surface area (Å²) in [4.78, 5) is 61.7. The van der Waals surface area contributed by atoms with Gasteiger partial charge in [-0.1, -0.05) is 31.3 Å². The molecule has 1 atom stereocenters. The van der Waals surface area contributed by atoms with Crippen LogP contribution in [0.4, 0.5) is 4.79 Å². The number of carbonyl (C=O) groups is 5. The van der Waals surface area contributed by atoms with E-state index in [-0.39, 0.29) is 24.0 Å². The molecule has 0 saturated carbocycles. The van der Waals surface area contributed by atoms with Crippen molar-refractivity contribution in [3.63, 3.8) is 0 Å². The molecule has 9 heteroatoms. The summed E-state index contributed by atoms with van der Waals surface area (Å²) in [7, 11) is 0. The number of benzene rings is 1. The number of hydrogen-bond donors (Lipinski definition) is 2. The summed E-state index contributed by atoms with van der Waals surface area (Å²) < 4.78 is 5.00. The molecule has 168 valence electrons. The third-order valence-electron chi connectivity index (χ3n) is 5.17. The van der Waals surface area contributed by atoms with Gasteiger partial charge in [0, 0.05) is 24.9 Å². The molecule has 0 spiro atoms. The van der Waals surface area contributed by atoms with E-state index < -0.39 is 35.8 Å². The van der Waals surface area contributed by atoms with E-state index in [9.17, 15) is 24.0 Å². The van der Waals surface area contributed by atoms with Gasteiger partial charge < -0.3 is 10.1 Å². The highest BCUT2D eigenvalue weighted by Crippen LogP contribution is 2.29. The van der Waals surface area contributed by atoms with E-state index in [0.29, 0.717) is 31.6 Å². The highest BCUT2D eigenvalue weighted by Gasteiger charge is 2.45. The Kier molecular flexibility index (Phi) is 7.60. The van der Waals surface area contributed by atoms with E-state index in [0.717, 1.165) is 17.7 Å². The van der Waals surface area contributed by atoms with Crippen molar-refractivity contribution in [3.8, 4) is 11.8 Å². The number of nitrogens with one attached hydrogen (secondary N) is 2. The van der Waals surface area contributed by atoms with Gasteiger partial charge in [0.2, 0.25) is 11.8 Å². The number of nitrogens with zero attached hydrogens (tertiary/aromatic N) is 1. The van der Waals surface area contributed by atoms with Crippen molar-refractivity contribution in [1.82, 2.24) is 15.5 Å². The first-order chi connectivity index (χ1) is 15.4. The Morgan fingerprint density at radius 1 is 1.22 bits per heavy atom. The quantitative estimate of drug-likeness (QED) is 0.379. The lowest BCUT2D eigenvalue weighted by Gasteiger charge is -2.27. The van der Waals surface area contributed by atoms with Crippen LogP contribution in [0, 0.1) is 11.8 Å². The summed E-state index contributed by atoms with van der Waals surface area (Å²) >= 11 is 0. The largest absolute Gasteiger partial charge is 0.450 e. The van der Waals surface area contributed by atoms with Crippen LogP contribution in [0.1, 0.15) is 71.7 Å². The van der Waals surface area contributed by atoms with Crippen molar-refractivity contribution in [2.24, 2.45) is 0 Å². The Morgan fingerprint density at radius 3 is 2.78 bits per heavy atom. The summed E-state index contributed by atoms with van der Waals surface area (Å²) in [6.07, 6.45) is 2.55. The summed E-state index contributed by atoms with van der Waals surface area (Å²) in [6, 6.07) is 3.80. The van der Waals surface area contributed by atoms with E-state index in [4.69, 9.17) is 4.74 Å². The molecule has 3 rings (SSSR count). The Labute approximate surface area is 185 Å². The number of alkyl carbamates (subject to hydrolysis) is 1. The van der Waals surface area contributed by atoms with Gasteiger partial charge in [0.1, 0.15) is 6.04 Å². The van der Waals surface area contributed by atoms with Crippen LogP contribution >= 0.6 is 0 Å². The van der Waals surface area contributed by atoms with Gasteiger partial charge in [0.05, 0.1) is 17.7 Å². The number of amides is 5. The van der Waals surface area contributed by atoms with Crippen molar-refractivity contribution < 1.29 is 28.7 Å². The maximum atomic E-state index is 13.0. The fraction of sp³-hybridized carbons (Fsp3) is 0.435. The fourth-order valence-electron chi connectivity index (χ4n) is 3.50. The van der Waals surface area contributed by atoms with E-state index in [1.54, 1.807) is 12.1 Å². The third-order valence-corrected chi connectivity index (χ3v) is 5.17. The second-order valence-corrected chi connectivity index (χ2v) is 7.50. The Balaban J connectivity index is 1.60. The molecule has 0 aromatic heterocycles. The van der Waals surface area contributed by atoms with Gasteiger partial charge in [-0.3, -0.25) is 29.4 Å². The molecular formula is C23H25N3O6. The van der Waals surface area contributed by atoms with E-state index in [2.05, 4.69) is 22.5 Å². The van der Waals surface area contributed by atoms with Crippen LogP contribution in [0.2, 0.25) is 0 Å². The maximum Gasteiger partial charge on any atom is 0.407 e. The van der Waals surface area contributed by atoms with Gasteiger partial charge in [-0.2, -0.15) is 0 Å². The molecule has 1 aromatic carbocycles. The molecule has 2 aliphatic heterocycles.